The molecular weight excluding hydrogens is 410 g/mol. The molecule has 0 bridgehead atoms. The summed E-state index contributed by atoms with van der Waals surface area (Å²) in [6, 6.07) is 18.8. The second kappa shape index (κ2) is 9.30. The maximum Gasteiger partial charge on any atom is 0.233 e. The number of likely N-dealkylation sites (tertiary alicyclic amines) is 1. The van der Waals surface area contributed by atoms with E-state index in [2.05, 4.69) is 41.3 Å². The van der Waals surface area contributed by atoms with Gasteiger partial charge in [0.2, 0.25) is 11.8 Å². The van der Waals surface area contributed by atoms with Gasteiger partial charge in [0.1, 0.15) is 0 Å². The average Bonchev–Trinajstić information content (AvgIpc) is 3.65. The third-order valence-corrected chi connectivity index (χ3v) is 7.91. The minimum absolute atomic E-state index is 0.178. The van der Waals surface area contributed by atoms with Gasteiger partial charge in [-0.1, -0.05) is 42.5 Å². The summed E-state index contributed by atoms with van der Waals surface area (Å²) >= 11 is 0. The van der Waals surface area contributed by atoms with Gasteiger partial charge in [0, 0.05) is 38.8 Å². The van der Waals surface area contributed by atoms with E-state index in [1.165, 1.54) is 18.4 Å². The zero-order chi connectivity index (χ0) is 22.8. The van der Waals surface area contributed by atoms with Crippen LogP contribution in [0.3, 0.4) is 0 Å². The zero-order valence-corrected chi connectivity index (χ0v) is 19.7. The number of piperidine rings is 1. The monoisotopic (exact) mass is 445 g/mol. The molecule has 0 N–H and O–H groups in total. The van der Waals surface area contributed by atoms with Gasteiger partial charge in [0.25, 0.3) is 0 Å². The lowest BCUT2D eigenvalue weighted by Gasteiger charge is -2.38. The summed E-state index contributed by atoms with van der Waals surface area (Å²) in [6.07, 6.45) is 5.88. The van der Waals surface area contributed by atoms with Crippen molar-refractivity contribution in [3.8, 4) is 0 Å². The molecule has 0 aromatic heterocycles. The Bertz CT molecular complexity index is 976. The fraction of sp³-hybridized carbons (Fsp3) is 0.500. The van der Waals surface area contributed by atoms with Crippen LogP contribution in [0.5, 0.6) is 0 Å². The number of anilines is 1. The van der Waals surface area contributed by atoms with Crippen LogP contribution in [0.4, 0.5) is 5.69 Å². The van der Waals surface area contributed by atoms with E-state index >= 15 is 0 Å². The van der Waals surface area contributed by atoms with Crippen molar-refractivity contribution in [3.63, 3.8) is 0 Å². The Balaban J connectivity index is 1.10. The molecule has 2 aliphatic heterocycles. The number of carbonyl (C=O) groups is 2. The number of hydrogen-bond acceptors (Lipinski definition) is 3. The third kappa shape index (κ3) is 4.84. The summed E-state index contributed by atoms with van der Waals surface area (Å²) in [4.78, 5) is 32.2. The van der Waals surface area contributed by atoms with E-state index in [4.69, 9.17) is 0 Å². The molecule has 5 rings (SSSR count). The van der Waals surface area contributed by atoms with E-state index < -0.39 is 0 Å². The molecule has 1 saturated carbocycles. The van der Waals surface area contributed by atoms with Crippen molar-refractivity contribution in [2.75, 3.05) is 38.1 Å². The molecule has 5 nitrogen and oxygen atoms in total. The van der Waals surface area contributed by atoms with Gasteiger partial charge in [-0.05, 0) is 74.4 Å². The lowest BCUT2D eigenvalue weighted by molar-refractivity contribution is -0.132. The van der Waals surface area contributed by atoms with Crippen LogP contribution in [0, 0.1) is 5.41 Å². The molecule has 2 aromatic rings. The van der Waals surface area contributed by atoms with Gasteiger partial charge in [-0.2, -0.15) is 0 Å². The standard InChI is InChI=1S/C28H35N3O2/c1-29(21-22-5-3-2-4-6-22)26(32)13-17-30-18-14-28(15-19-30)16-20-31(27(28)33)25-11-9-24(10-12-25)23-7-8-23/h2-6,9-12,23H,7-8,13-21H2,1H3. The highest BCUT2D eigenvalue weighted by Gasteiger charge is 2.48. The number of rotatable bonds is 7. The van der Waals surface area contributed by atoms with Crippen LogP contribution in [0.25, 0.3) is 0 Å². The van der Waals surface area contributed by atoms with Gasteiger partial charge in [-0.25, -0.2) is 0 Å². The molecule has 2 aromatic carbocycles. The van der Waals surface area contributed by atoms with Crippen LogP contribution in [0.1, 0.15) is 55.6 Å². The molecule has 2 saturated heterocycles. The molecule has 3 aliphatic rings. The smallest absolute Gasteiger partial charge is 0.233 e. The van der Waals surface area contributed by atoms with Crippen molar-refractivity contribution in [1.82, 2.24) is 9.80 Å². The first kappa shape index (κ1) is 22.1. The fourth-order valence-corrected chi connectivity index (χ4v) is 5.47. The van der Waals surface area contributed by atoms with Gasteiger partial charge in [0.15, 0.2) is 0 Å². The molecule has 0 radical (unpaired) electrons. The van der Waals surface area contributed by atoms with Crippen LogP contribution in [0.2, 0.25) is 0 Å². The van der Waals surface area contributed by atoms with Crippen molar-refractivity contribution in [1.29, 1.82) is 0 Å². The van der Waals surface area contributed by atoms with Gasteiger partial charge in [-0.15, -0.1) is 0 Å². The van der Waals surface area contributed by atoms with Gasteiger partial charge >= 0.3 is 0 Å². The highest BCUT2D eigenvalue weighted by Crippen LogP contribution is 2.44. The van der Waals surface area contributed by atoms with Crippen LogP contribution in [-0.2, 0) is 16.1 Å². The summed E-state index contributed by atoms with van der Waals surface area (Å²) < 4.78 is 0. The lowest BCUT2D eigenvalue weighted by atomic mass is 9.77. The molecule has 2 heterocycles. The van der Waals surface area contributed by atoms with Crippen LogP contribution in [-0.4, -0.2) is 54.8 Å². The third-order valence-electron chi connectivity index (χ3n) is 7.91. The van der Waals surface area contributed by atoms with Gasteiger partial charge in [0.05, 0.1) is 5.41 Å². The van der Waals surface area contributed by atoms with Gasteiger partial charge in [-0.3, -0.25) is 9.59 Å². The van der Waals surface area contributed by atoms with Crippen molar-refractivity contribution < 1.29 is 9.59 Å². The van der Waals surface area contributed by atoms with Crippen molar-refractivity contribution in [2.24, 2.45) is 5.41 Å². The van der Waals surface area contributed by atoms with E-state index in [1.54, 1.807) is 0 Å². The number of hydrogen-bond donors (Lipinski definition) is 0. The van der Waals surface area contributed by atoms with E-state index in [1.807, 2.05) is 35.0 Å². The molecule has 2 amide bonds. The number of carbonyl (C=O) groups excluding carboxylic acids is 2. The molecule has 0 unspecified atom stereocenters. The predicted molar refractivity (Wildman–Crippen MR) is 131 cm³/mol. The Labute approximate surface area is 197 Å². The Hall–Kier alpha value is -2.66. The van der Waals surface area contributed by atoms with Crippen molar-refractivity contribution in [2.45, 2.75) is 51.0 Å². The van der Waals surface area contributed by atoms with E-state index in [0.717, 1.165) is 62.6 Å². The second-order valence-corrected chi connectivity index (χ2v) is 10.2. The molecule has 3 fully saturated rings. The highest BCUT2D eigenvalue weighted by atomic mass is 16.2. The maximum absolute atomic E-state index is 13.4. The minimum Gasteiger partial charge on any atom is -0.341 e. The summed E-state index contributed by atoms with van der Waals surface area (Å²) in [5.41, 5.74) is 3.41. The Morgan fingerprint density at radius 3 is 2.30 bits per heavy atom. The first-order valence-electron chi connectivity index (χ1n) is 12.5. The first-order valence-corrected chi connectivity index (χ1v) is 12.5. The van der Waals surface area contributed by atoms with Crippen LogP contribution in [0.15, 0.2) is 54.6 Å². The normalized spacial score (nSPS) is 20.4. The zero-order valence-electron chi connectivity index (χ0n) is 19.7. The molecule has 0 atom stereocenters. The predicted octanol–water partition coefficient (Wildman–Crippen LogP) is 4.43. The highest BCUT2D eigenvalue weighted by molar-refractivity contribution is 6.00. The molecule has 5 heteroatoms. The number of nitrogens with zero attached hydrogens (tertiary/aromatic N) is 3. The Morgan fingerprint density at radius 1 is 0.970 bits per heavy atom. The van der Waals surface area contributed by atoms with Gasteiger partial charge < -0.3 is 14.7 Å². The molecule has 33 heavy (non-hydrogen) atoms. The molecule has 1 spiro atoms. The summed E-state index contributed by atoms with van der Waals surface area (Å²) in [6.45, 7) is 4.04. The maximum atomic E-state index is 13.4. The summed E-state index contributed by atoms with van der Waals surface area (Å²) in [5, 5.41) is 0. The minimum atomic E-state index is -0.209. The fourth-order valence-electron chi connectivity index (χ4n) is 5.47. The average molecular weight is 446 g/mol. The molecule has 174 valence electrons. The second-order valence-electron chi connectivity index (χ2n) is 10.2. The Kier molecular flexibility index (Phi) is 6.24. The summed E-state index contributed by atoms with van der Waals surface area (Å²) in [7, 11) is 1.88. The lowest BCUT2D eigenvalue weighted by Crippen LogP contribution is -2.45. The SMILES string of the molecule is CN(Cc1ccccc1)C(=O)CCN1CCC2(CC1)CCN(c1ccc(C3CC3)cc1)C2=O. The first-order chi connectivity index (χ1) is 16.0. The van der Waals surface area contributed by atoms with E-state index in [0.29, 0.717) is 18.9 Å². The quantitative estimate of drug-likeness (QED) is 0.633. The van der Waals surface area contributed by atoms with Crippen LogP contribution >= 0.6 is 0 Å². The van der Waals surface area contributed by atoms with Crippen molar-refractivity contribution in [3.05, 3.63) is 65.7 Å². The number of amides is 2. The Morgan fingerprint density at radius 2 is 1.64 bits per heavy atom. The largest absolute Gasteiger partial charge is 0.341 e. The van der Waals surface area contributed by atoms with E-state index in [9.17, 15) is 9.59 Å². The number of benzene rings is 2. The van der Waals surface area contributed by atoms with Crippen molar-refractivity contribution >= 4 is 17.5 Å². The van der Waals surface area contributed by atoms with Crippen LogP contribution < -0.4 is 4.90 Å². The molecule has 1 aliphatic carbocycles. The summed E-state index contributed by atoms with van der Waals surface area (Å²) in [5.74, 6) is 1.23. The molecular formula is C28H35N3O2. The topological polar surface area (TPSA) is 43.9 Å². The van der Waals surface area contributed by atoms with E-state index in [-0.39, 0.29) is 11.3 Å².